The summed E-state index contributed by atoms with van der Waals surface area (Å²) >= 11 is 0. The number of ether oxygens (including phenoxy) is 3. The van der Waals surface area contributed by atoms with Crippen molar-refractivity contribution in [3.05, 3.63) is 92.4 Å². The van der Waals surface area contributed by atoms with Crippen LogP contribution in [0.1, 0.15) is 38.9 Å². The van der Waals surface area contributed by atoms with Crippen molar-refractivity contribution in [1.82, 2.24) is 14.5 Å². The number of fused-ring (bicyclic) bond motifs is 1. The van der Waals surface area contributed by atoms with E-state index in [2.05, 4.69) is 9.97 Å². The molecule has 0 unspecified atom stereocenters. The van der Waals surface area contributed by atoms with Gasteiger partial charge in [-0.3, -0.25) is 14.3 Å². The number of aromatic amines is 2. The Morgan fingerprint density at radius 1 is 1.08 bits per heavy atom. The van der Waals surface area contributed by atoms with Crippen LogP contribution in [0.2, 0.25) is 0 Å². The molecule has 196 valence electrons. The van der Waals surface area contributed by atoms with Gasteiger partial charge >= 0.3 is 17.6 Å². The summed E-state index contributed by atoms with van der Waals surface area (Å²) in [5.74, 6) is -1.44. The first-order valence-electron chi connectivity index (χ1n) is 11.6. The molecule has 1 aliphatic heterocycles. The van der Waals surface area contributed by atoms with Crippen LogP contribution in [0, 0.1) is 6.92 Å². The second-order valence-electron chi connectivity index (χ2n) is 8.86. The summed E-state index contributed by atoms with van der Waals surface area (Å²) in [7, 11) is 0. The zero-order valence-electron chi connectivity index (χ0n) is 20.0. The van der Waals surface area contributed by atoms with Crippen LogP contribution in [0.5, 0.6) is 11.5 Å². The van der Waals surface area contributed by atoms with Gasteiger partial charge in [0.2, 0.25) is 0 Å². The average molecular weight is 521 g/mol. The lowest BCUT2D eigenvalue weighted by atomic mass is 10.1. The fraction of sp³-hybridized carbons (Fsp3) is 0.231. The van der Waals surface area contributed by atoms with Crippen LogP contribution in [-0.2, 0) is 14.2 Å². The Bertz CT molecular complexity index is 1630. The third-order valence-corrected chi connectivity index (χ3v) is 6.26. The SMILES string of the molecule is Cc1cn([C@H]2C[C@@H](OC(=O)c3c[nH]c4ccc(O)cc34)[C@@H](COC(=O)c3ccc(O)cc3)O2)c(=O)[nH]c1=O. The maximum absolute atomic E-state index is 13.1. The fourth-order valence-electron chi connectivity index (χ4n) is 4.26. The summed E-state index contributed by atoms with van der Waals surface area (Å²) in [5.41, 5.74) is 0.0272. The third-order valence-electron chi connectivity index (χ3n) is 6.26. The van der Waals surface area contributed by atoms with E-state index in [9.17, 15) is 29.4 Å². The third kappa shape index (κ3) is 4.89. The molecule has 38 heavy (non-hydrogen) atoms. The maximum Gasteiger partial charge on any atom is 0.340 e. The lowest BCUT2D eigenvalue weighted by Crippen LogP contribution is -2.33. The summed E-state index contributed by atoms with van der Waals surface area (Å²) in [6.07, 6.45) is 0.0454. The number of rotatable bonds is 6. The van der Waals surface area contributed by atoms with Gasteiger partial charge in [0.15, 0.2) is 0 Å². The monoisotopic (exact) mass is 521 g/mol. The van der Waals surface area contributed by atoms with Crippen molar-refractivity contribution in [3.8, 4) is 11.5 Å². The van der Waals surface area contributed by atoms with Crippen molar-refractivity contribution in [1.29, 1.82) is 0 Å². The summed E-state index contributed by atoms with van der Waals surface area (Å²) in [6.45, 7) is 1.23. The van der Waals surface area contributed by atoms with Crippen LogP contribution in [-0.4, -0.2) is 55.5 Å². The number of aromatic nitrogens is 3. The number of carbonyl (C=O) groups excluding carboxylic acids is 2. The van der Waals surface area contributed by atoms with Crippen molar-refractivity contribution >= 4 is 22.8 Å². The number of hydrogen-bond acceptors (Lipinski definition) is 9. The molecule has 0 bridgehead atoms. The minimum Gasteiger partial charge on any atom is -0.508 e. The largest absolute Gasteiger partial charge is 0.508 e. The fourth-order valence-corrected chi connectivity index (χ4v) is 4.26. The van der Waals surface area contributed by atoms with Gasteiger partial charge in [-0.05, 0) is 49.4 Å². The average Bonchev–Trinajstić information content (AvgIpc) is 3.48. The lowest BCUT2D eigenvalue weighted by Gasteiger charge is -2.19. The summed E-state index contributed by atoms with van der Waals surface area (Å²) in [5, 5.41) is 19.7. The molecule has 1 fully saturated rings. The Morgan fingerprint density at radius 2 is 1.82 bits per heavy atom. The minimum atomic E-state index is -0.942. The molecule has 4 aromatic rings. The Labute approximate surface area is 214 Å². The first-order valence-corrected chi connectivity index (χ1v) is 11.6. The predicted octanol–water partition coefficient (Wildman–Crippen LogP) is 2.11. The van der Waals surface area contributed by atoms with Gasteiger partial charge in [-0.2, -0.15) is 0 Å². The van der Waals surface area contributed by atoms with Crippen LogP contribution in [0.15, 0.2) is 64.4 Å². The number of H-pyrrole nitrogens is 2. The van der Waals surface area contributed by atoms with Crippen molar-refractivity contribution in [2.24, 2.45) is 0 Å². The molecule has 2 aromatic heterocycles. The molecule has 0 spiro atoms. The second kappa shape index (κ2) is 9.90. The highest BCUT2D eigenvalue weighted by molar-refractivity contribution is 6.04. The molecule has 3 heterocycles. The van der Waals surface area contributed by atoms with Crippen molar-refractivity contribution in [2.45, 2.75) is 31.8 Å². The van der Waals surface area contributed by atoms with Crippen molar-refractivity contribution in [2.75, 3.05) is 6.61 Å². The Kier molecular flexibility index (Phi) is 6.47. The number of phenolic OH excluding ortho intramolecular Hbond substituents is 2. The van der Waals surface area contributed by atoms with Gasteiger partial charge < -0.3 is 29.4 Å². The minimum absolute atomic E-state index is 0.0114. The molecular weight excluding hydrogens is 498 g/mol. The summed E-state index contributed by atoms with van der Waals surface area (Å²) in [6, 6.07) is 9.99. The first kappa shape index (κ1) is 24.8. The van der Waals surface area contributed by atoms with E-state index in [-0.39, 0.29) is 41.2 Å². The van der Waals surface area contributed by atoms with Gasteiger partial charge in [0.25, 0.3) is 5.56 Å². The molecule has 0 radical (unpaired) electrons. The molecule has 5 rings (SSSR count). The predicted molar refractivity (Wildman–Crippen MR) is 132 cm³/mol. The van der Waals surface area contributed by atoms with Crippen molar-refractivity contribution < 1.29 is 34.0 Å². The van der Waals surface area contributed by atoms with Crippen LogP contribution >= 0.6 is 0 Å². The smallest absolute Gasteiger partial charge is 0.340 e. The molecule has 1 aliphatic rings. The molecular formula is C26H23N3O9. The molecule has 2 aromatic carbocycles. The molecule has 1 saturated heterocycles. The number of nitrogens with zero attached hydrogens (tertiary/aromatic N) is 1. The number of phenols is 2. The number of aromatic hydroxyl groups is 2. The van der Waals surface area contributed by atoms with Gasteiger partial charge in [-0.15, -0.1) is 0 Å². The molecule has 0 aliphatic carbocycles. The molecule has 3 atom stereocenters. The summed E-state index contributed by atoms with van der Waals surface area (Å²) in [4.78, 5) is 55.0. The van der Waals surface area contributed by atoms with E-state index in [0.717, 1.165) is 0 Å². The van der Waals surface area contributed by atoms with Crippen LogP contribution in [0.3, 0.4) is 0 Å². The van der Waals surface area contributed by atoms with Gasteiger partial charge in [-0.25, -0.2) is 14.4 Å². The van der Waals surface area contributed by atoms with E-state index in [1.165, 1.54) is 60.3 Å². The van der Waals surface area contributed by atoms with Crippen LogP contribution in [0.4, 0.5) is 0 Å². The van der Waals surface area contributed by atoms with Gasteiger partial charge in [0, 0.05) is 35.3 Å². The van der Waals surface area contributed by atoms with E-state index in [0.29, 0.717) is 10.9 Å². The van der Waals surface area contributed by atoms with Gasteiger partial charge in [0.05, 0.1) is 11.1 Å². The number of esters is 2. The van der Waals surface area contributed by atoms with E-state index in [1.807, 2.05) is 0 Å². The molecule has 0 amide bonds. The molecule has 12 heteroatoms. The van der Waals surface area contributed by atoms with Gasteiger partial charge in [0.1, 0.15) is 36.5 Å². The number of benzene rings is 2. The van der Waals surface area contributed by atoms with E-state index < -0.39 is 41.6 Å². The van der Waals surface area contributed by atoms with E-state index in [1.54, 1.807) is 6.07 Å². The van der Waals surface area contributed by atoms with Crippen molar-refractivity contribution in [3.63, 3.8) is 0 Å². The Hall–Kier alpha value is -4.84. The van der Waals surface area contributed by atoms with E-state index >= 15 is 0 Å². The highest BCUT2D eigenvalue weighted by Crippen LogP contribution is 2.32. The highest BCUT2D eigenvalue weighted by Gasteiger charge is 2.40. The number of aryl methyl sites for hydroxylation is 1. The van der Waals surface area contributed by atoms with Gasteiger partial charge in [-0.1, -0.05) is 0 Å². The van der Waals surface area contributed by atoms with Crippen LogP contribution < -0.4 is 11.2 Å². The number of nitrogens with one attached hydrogen (secondary N) is 2. The zero-order chi connectivity index (χ0) is 27.0. The first-order chi connectivity index (χ1) is 18.2. The standard InChI is InChI=1S/C26H23N3O9/c1-13-11-29(26(35)28-23(13)32)22-9-20(21(37-22)12-36-24(33)14-2-4-15(30)5-3-14)38-25(34)18-10-27-19-7-6-16(31)8-17(18)19/h2-8,10-11,20-22,27,30-31H,9,12H2,1H3,(H,28,32,35)/t20-,21-,22-/m1/s1. The molecule has 4 N–H and O–H groups in total. The number of hydrogen-bond donors (Lipinski definition) is 4. The Morgan fingerprint density at radius 3 is 2.58 bits per heavy atom. The maximum atomic E-state index is 13.1. The topological polar surface area (TPSA) is 173 Å². The lowest BCUT2D eigenvalue weighted by molar-refractivity contribution is -0.0582. The number of carbonyl (C=O) groups is 2. The van der Waals surface area contributed by atoms with Crippen LogP contribution in [0.25, 0.3) is 10.9 Å². The molecule has 12 nitrogen and oxygen atoms in total. The van der Waals surface area contributed by atoms with E-state index in [4.69, 9.17) is 14.2 Å². The summed E-state index contributed by atoms with van der Waals surface area (Å²) < 4.78 is 18.3. The second-order valence-corrected chi connectivity index (χ2v) is 8.86. The molecule has 0 saturated carbocycles. The quantitative estimate of drug-likeness (QED) is 0.277. The highest BCUT2D eigenvalue weighted by atomic mass is 16.6. The normalized spacial score (nSPS) is 18.9. The Balaban J connectivity index is 1.39. The zero-order valence-corrected chi connectivity index (χ0v) is 20.0.